The lowest BCUT2D eigenvalue weighted by Crippen LogP contribution is -2.22. The Morgan fingerprint density at radius 1 is 0.939 bits per heavy atom. The maximum atomic E-state index is 13.9. The molecule has 1 aliphatic heterocycles. The molecular formula is C26H19F3O4. The number of alkyl halides is 3. The van der Waals surface area contributed by atoms with E-state index in [0.717, 1.165) is 11.6 Å². The van der Waals surface area contributed by atoms with Crippen LogP contribution < -0.4 is 9.47 Å². The van der Waals surface area contributed by atoms with Crippen LogP contribution in [-0.4, -0.2) is 18.9 Å². The lowest BCUT2D eigenvalue weighted by molar-refractivity contribution is -0.137. The van der Waals surface area contributed by atoms with Crippen molar-refractivity contribution in [3.05, 3.63) is 82.9 Å². The molecule has 2 aliphatic rings. The van der Waals surface area contributed by atoms with Gasteiger partial charge < -0.3 is 9.47 Å². The number of aldehydes is 1. The molecule has 5 rings (SSSR count). The van der Waals surface area contributed by atoms with Crippen molar-refractivity contribution in [2.45, 2.75) is 30.9 Å². The van der Waals surface area contributed by atoms with E-state index in [2.05, 4.69) is 0 Å². The standard InChI is InChI=1S/C26H19F3O4/c27-26(28,29)21-11-17(3-7-20(21)18-4-1-16(14-30)2-5-18)12-24(31)25(9-10-25)19-6-8-22-23(13-19)33-15-32-22/h1-8,11,13-14H,9-10,12,15H2. The highest BCUT2D eigenvalue weighted by Gasteiger charge is 2.51. The van der Waals surface area contributed by atoms with Crippen molar-refractivity contribution in [3.63, 3.8) is 0 Å². The summed E-state index contributed by atoms with van der Waals surface area (Å²) in [5.41, 5.74) is 0.362. The first kappa shape index (κ1) is 21.2. The van der Waals surface area contributed by atoms with Gasteiger partial charge in [0.1, 0.15) is 12.1 Å². The molecule has 4 nitrogen and oxygen atoms in total. The van der Waals surface area contributed by atoms with Gasteiger partial charge in [0.25, 0.3) is 0 Å². The van der Waals surface area contributed by atoms with Crippen molar-refractivity contribution in [2.24, 2.45) is 0 Å². The van der Waals surface area contributed by atoms with Crippen LogP contribution in [0, 0.1) is 0 Å². The number of ketones is 1. The van der Waals surface area contributed by atoms with E-state index in [4.69, 9.17) is 9.47 Å². The molecule has 0 saturated heterocycles. The van der Waals surface area contributed by atoms with Gasteiger partial charge in [-0.2, -0.15) is 13.2 Å². The van der Waals surface area contributed by atoms with Gasteiger partial charge in [0.15, 0.2) is 11.5 Å². The van der Waals surface area contributed by atoms with Crippen molar-refractivity contribution in [1.82, 2.24) is 0 Å². The van der Waals surface area contributed by atoms with Crippen LogP contribution in [0.15, 0.2) is 60.7 Å². The van der Waals surface area contributed by atoms with Crippen molar-refractivity contribution in [1.29, 1.82) is 0 Å². The Bertz CT molecular complexity index is 1240. The summed E-state index contributed by atoms with van der Waals surface area (Å²) >= 11 is 0. The number of carbonyl (C=O) groups excluding carboxylic acids is 2. The molecule has 3 aromatic carbocycles. The summed E-state index contributed by atoms with van der Waals surface area (Å²) in [5, 5.41) is 0. The molecule has 3 aromatic rings. The highest BCUT2D eigenvalue weighted by Crippen LogP contribution is 2.51. The zero-order valence-corrected chi connectivity index (χ0v) is 17.4. The normalized spacial score (nSPS) is 15.8. The number of hydrogen-bond donors (Lipinski definition) is 0. The van der Waals surface area contributed by atoms with E-state index in [9.17, 15) is 22.8 Å². The number of fused-ring (bicyclic) bond motifs is 1. The van der Waals surface area contributed by atoms with Gasteiger partial charge in [-0.15, -0.1) is 0 Å². The van der Waals surface area contributed by atoms with E-state index in [1.54, 1.807) is 18.2 Å². The minimum atomic E-state index is -4.59. The van der Waals surface area contributed by atoms with Crippen molar-refractivity contribution >= 4 is 12.1 Å². The van der Waals surface area contributed by atoms with Crippen LogP contribution in [0.4, 0.5) is 13.2 Å². The number of Topliss-reactive ketones (excluding diaryl/α,β-unsaturated/α-hetero) is 1. The maximum absolute atomic E-state index is 13.9. The first-order valence-corrected chi connectivity index (χ1v) is 10.5. The van der Waals surface area contributed by atoms with E-state index < -0.39 is 17.2 Å². The van der Waals surface area contributed by atoms with Gasteiger partial charge in [0.05, 0.1) is 11.0 Å². The number of ether oxygens (including phenoxy) is 2. The largest absolute Gasteiger partial charge is 0.454 e. The summed E-state index contributed by atoms with van der Waals surface area (Å²) in [6.07, 6.45) is -2.75. The molecule has 33 heavy (non-hydrogen) atoms. The highest BCUT2D eigenvalue weighted by molar-refractivity contribution is 5.95. The molecule has 1 aliphatic carbocycles. The first-order valence-electron chi connectivity index (χ1n) is 10.5. The Labute approximate surface area is 188 Å². The third-order valence-corrected chi connectivity index (χ3v) is 6.32. The fourth-order valence-electron chi connectivity index (χ4n) is 4.33. The molecule has 0 radical (unpaired) electrons. The predicted octanol–water partition coefficient (Wildman–Crippen LogP) is 5.76. The number of rotatable bonds is 6. The fraction of sp³-hybridized carbons (Fsp3) is 0.231. The molecule has 1 fully saturated rings. The average molecular weight is 452 g/mol. The molecule has 0 bridgehead atoms. The van der Waals surface area contributed by atoms with Crippen molar-refractivity contribution < 1.29 is 32.2 Å². The fourth-order valence-corrected chi connectivity index (χ4v) is 4.33. The molecule has 0 atom stereocenters. The van der Waals surface area contributed by atoms with Crippen LogP contribution >= 0.6 is 0 Å². The van der Waals surface area contributed by atoms with E-state index in [0.29, 0.717) is 47.3 Å². The monoisotopic (exact) mass is 452 g/mol. The van der Waals surface area contributed by atoms with Crippen LogP contribution in [-0.2, 0) is 22.8 Å². The maximum Gasteiger partial charge on any atom is 0.417 e. The van der Waals surface area contributed by atoms with Crippen LogP contribution in [0.2, 0.25) is 0 Å². The van der Waals surface area contributed by atoms with Gasteiger partial charge in [-0.25, -0.2) is 0 Å². The van der Waals surface area contributed by atoms with Crippen LogP contribution in [0.25, 0.3) is 11.1 Å². The topological polar surface area (TPSA) is 52.6 Å². The smallest absolute Gasteiger partial charge is 0.417 e. The molecule has 0 amide bonds. The Morgan fingerprint density at radius 2 is 1.67 bits per heavy atom. The minimum Gasteiger partial charge on any atom is -0.454 e. The molecule has 7 heteroatoms. The molecule has 168 valence electrons. The molecule has 0 aromatic heterocycles. The third kappa shape index (κ3) is 3.88. The zero-order valence-electron chi connectivity index (χ0n) is 17.4. The molecule has 1 heterocycles. The minimum absolute atomic E-state index is 0.00746. The van der Waals surface area contributed by atoms with Gasteiger partial charge in [0, 0.05) is 12.0 Å². The van der Waals surface area contributed by atoms with Crippen LogP contribution in [0.3, 0.4) is 0 Å². The second-order valence-corrected chi connectivity index (χ2v) is 8.37. The van der Waals surface area contributed by atoms with Crippen molar-refractivity contribution in [2.75, 3.05) is 6.79 Å². The predicted molar refractivity (Wildman–Crippen MR) is 114 cm³/mol. The first-order chi connectivity index (χ1) is 15.8. The quantitative estimate of drug-likeness (QED) is 0.447. The number of halogens is 3. The molecular weight excluding hydrogens is 433 g/mol. The van der Waals surface area contributed by atoms with Gasteiger partial charge in [-0.3, -0.25) is 9.59 Å². The lowest BCUT2D eigenvalue weighted by atomic mass is 9.86. The van der Waals surface area contributed by atoms with Gasteiger partial charge in [-0.1, -0.05) is 42.5 Å². The summed E-state index contributed by atoms with van der Waals surface area (Å²) in [4.78, 5) is 24.0. The molecule has 0 unspecified atom stereocenters. The summed E-state index contributed by atoms with van der Waals surface area (Å²) in [6.45, 7) is 0.129. The Balaban J connectivity index is 1.43. The average Bonchev–Trinajstić information content (AvgIpc) is 3.49. The Kier molecular flexibility index (Phi) is 5.00. The molecule has 0 spiro atoms. The molecule has 1 saturated carbocycles. The SMILES string of the molecule is O=Cc1ccc(-c2ccc(CC(=O)C3(c4ccc5c(c4)OCO5)CC3)cc2C(F)(F)F)cc1. The zero-order chi connectivity index (χ0) is 23.2. The van der Waals surface area contributed by atoms with Gasteiger partial charge in [-0.05, 0) is 53.3 Å². The highest BCUT2D eigenvalue weighted by atomic mass is 19.4. The van der Waals surface area contributed by atoms with Crippen LogP contribution in [0.1, 0.15) is 39.9 Å². The lowest BCUT2D eigenvalue weighted by Gasteiger charge is -2.18. The van der Waals surface area contributed by atoms with E-state index in [1.807, 2.05) is 6.07 Å². The Morgan fingerprint density at radius 3 is 2.33 bits per heavy atom. The van der Waals surface area contributed by atoms with Crippen molar-refractivity contribution in [3.8, 4) is 22.6 Å². The number of benzene rings is 3. The van der Waals surface area contributed by atoms with E-state index >= 15 is 0 Å². The third-order valence-electron chi connectivity index (χ3n) is 6.32. The number of hydrogen-bond acceptors (Lipinski definition) is 4. The summed E-state index contributed by atoms with van der Waals surface area (Å²) in [6, 6.07) is 15.3. The second kappa shape index (κ2) is 7.76. The number of carbonyl (C=O) groups is 2. The van der Waals surface area contributed by atoms with Crippen LogP contribution in [0.5, 0.6) is 11.5 Å². The molecule has 0 N–H and O–H groups in total. The second-order valence-electron chi connectivity index (χ2n) is 8.37. The summed E-state index contributed by atoms with van der Waals surface area (Å²) in [7, 11) is 0. The Hall–Kier alpha value is -3.61. The van der Waals surface area contributed by atoms with E-state index in [-0.39, 0.29) is 24.6 Å². The summed E-state index contributed by atoms with van der Waals surface area (Å²) in [5.74, 6) is 1.09. The van der Waals surface area contributed by atoms with E-state index in [1.165, 1.54) is 30.3 Å². The van der Waals surface area contributed by atoms with Gasteiger partial charge in [0.2, 0.25) is 6.79 Å². The summed E-state index contributed by atoms with van der Waals surface area (Å²) < 4.78 is 52.3. The van der Waals surface area contributed by atoms with Gasteiger partial charge >= 0.3 is 6.18 Å².